The SMILES string of the molecule is O=C(NCc1ccc(Cl)cc1)c1ccccc1N1CCN(C(=O)[C@@H](Cc2ccc(Cl)cc2)NC(=O)C2N[CH]Cc3ccccc32)CC1. The van der Waals surface area contributed by atoms with E-state index in [0.717, 1.165) is 34.4 Å². The molecule has 1 fully saturated rings. The summed E-state index contributed by atoms with van der Waals surface area (Å²) in [7, 11) is 0. The Bertz CT molecular complexity index is 1720. The first-order valence-electron chi connectivity index (χ1n) is 15.7. The van der Waals surface area contributed by atoms with Crippen LogP contribution in [0, 0.1) is 6.54 Å². The fraction of sp³-hybridized carbons (Fsp3) is 0.243. The minimum absolute atomic E-state index is 0.144. The number of anilines is 1. The van der Waals surface area contributed by atoms with E-state index in [4.69, 9.17) is 23.2 Å². The minimum Gasteiger partial charge on any atom is -0.367 e. The summed E-state index contributed by atoms with van der Waals surface area (Å²) in [6, 6.07) is 28.7. The van der Waals surface area contributed by atoms with Crippen LogP contribution in [0.15, 0.2) is 97.1 Å². The monoisotopic (exact) mass is 668 g/mol. The van der Waals surface area contributed by atoms with Crippen molar-refractivity contribution >= 4 is 46.6 Å². The molecule has 10 heteroatoms. The van der Waals surface area contributed by atoms with Crippen LogP contribution < -0.4 is 20.9 Å². The first-order chi connectivity index (χ1) is 22.9. The standard InChI is InChI=1S/C37H36Cl2N5O3/c38-28-13-9-25(10-14-28)23-32(42-36(46)34-30-6-2-1-5-27(30)17-18-40-34)37(47)44-21-19-43(20-22-44)33-8-4-3-7-31(33)35(45)41-24-26-11-15-29(39)16-12-26/h1-16,18,32,34,40H,17,19-24H2,(H,41,45)(H,42,46)/t32-,34?/m1/s1. The molecule has 47 heavy (non-hydrogen) atoms. The molecule has 2 heterocycles. The second-order valence-corrected chi connectivity index (χ2v) is 12.6. The molecule has 1 unspecified atom stereocenters. The van der Waals surface area contributed by atoms with Gasteiger partial charge in [0.05, 0.1) is 5.56 Å². The van der Waals surface area contributed by atoms with Crippen LogP contribution in [0.3, 0.4) is 0 Å². The van der Waals surface area contributed by atoms with Gasteiger partial charge in [0.2, 0.25) is 11.8 Å². The largest absolute Gasteiger partial charge is 0.367 e. The lowest BCUT2D eigenvalue weighted by Crippen LogP contribution is -2.57. The van der Waals surface area contributed by atoms with E-state index in [2.05, 4.69) is 20.9 Å². The molecule has 0 aromatic heterocycles. The highest BCUT2D eigenvalue weighted by atomic mass is 35.5. The molecule has 4 aromatic carbocycles. The second-order valence-electron chi connectivity index (χ2n) is 11.7. The topological polar surface area (TPSA) is 93.8 Å². The third-order valence-electron chi connectivity index (χ3n) is 8.65. The number of piperazine rings is 1. The van der Waals surface area contributed by atoms with Gasteiger partial charge in [-0.3, -0.25) is 19.7 Å². The number of halogens is 2. The summed E-state index contributed by atoms with van der Waals surface area (Å²) in [4.78, 5) is 44.9. The highest BCUT2D eigenvalue weighted by molar-refractivity contribution is 6.30. The third kappa shape index (κ3) is 7.96. The Labute approximate surface area is 285 Å². The molecule has 2 atom stereocenters. The Balaban J connectivity index is 1.13. The molecule has 8 nitrogen and oxygen atoms in total. The van der Waals surface area contributed by atoms with E-state index < -0.39 is 12.1 Å². The molecule has 3 amide bonds. The predicted molar refractivity (Wildman–Crippen MR) is 185 cm³/mol. The van der Waals surface area contributed by atoms with E-state index in [1.165, 1.54) is 0 Å². The second kappa shape index (κ2) is 15.0. The smallest absolute Gasteiger partial charge is 0.253 e. The van der Waals surface area contributed by atoms with Crippen LogP contribution in [0.4, 0.5) is 5.69 Å². The van der Waals surface area contributed by atoms with Crippen molar-refractivity contribution in [3.05, 3.63) is 141 Å². The van der Waals surface area contributed by atoms with E-state index in [0.29, 0.717) is 54.8 Å². The summed E-state index contributed by atoms with van der Waals surface area (Å²) >= 11 is 12.1. The van der Waals surface area contributed by atoms with Gasteiger partial charge in [-0.2, -0.15) is 0 Å². The molecule has 0 aliphatic carbocycles. The van der Waals surface area contributed by atoms with Crippen molar-refractivity contribution in [3.63, 3.8) is 0 Å². The van der Waals surface area contributed by atoms with Crippen molar-refractivity contribution in [3.8, 4) is 0 Å². The summed E-state index contributed by atoms with van der Waals surface area (Å²) < 4.78 is 0. The fourth-order valence-corrected chi connectivity index (χ4v) is 6.37. The Morgan fingerprint density at radius 1 is 0.787 bits per heavy atom. The van der Waals surface area contributed by atoms with Crippen LogP contribution in [-0.2, 0) is 29.0 Å². The highest BCUT2D eigenvalue weighted by Crippen LogP contribution is 2.26. The Morgan fingerprint density at radius 3 is 2.15 bits per heavy atom. The number of carbonyl (C=O) groups excluding carboxylic acids is 3. The number of hydrogen-bond donors (Lipinski definition) is 3. The van der Waals surface area contributed by atoms with E-state index in [9.17, 15) is 14.4 Å². The molecule has 0 spiro atoms. The van der Waals surface area contributed by atoms with E-state index in [-0.39, 0.29) is 17.7 Å². The highest BCUT2D eigenvalue weighted by Gasteiger charge is 2.33. The normalized spacial score (nSPS) is 16.6. The van der Waals surface area contributed by atoms with Crippen molar-refractivity contribution < 1.29 is 14.4 Å². The van der Waals surface area contributed by atoms with Crippen LogP contribution in [0.2, 0.25) is 10.0 Å². The summed E-state index contributed by atoms with van der Waals surface area (Å²) in [6.45, 7) is 4.25. The summed E-state index contributed by atoms with van der Waals surface area (Å²) in [5.41, 5.74) is 5.24. The summed E-state index contributed by atoms with van der Waals surface area (Å²) in [5, 5.41) is 10.5. The molecule has 6 rings (SSSR count). The number of fused-ring (bicyclic) bond motifs is 1. The molecule has 3 N–H and O–H groups in total. The Kier molecular flexibility index (Phi) is 10.4. The molecule has 241 valence electrons. The van der Waals surface area contributed by atoms with Gasteiger partial charge in [-0.25, -0.2) is 0 Å². The van der Waals surface area contributed by atoms with Crippen molar-refractivity contribution in [1.29, 1.82) is 0 Å². The van der Waals surface area contributed by atoms with E-state index in [1.54, 1.807) is 29.2 Å². The molecule has 2 aliphatic rings. The Hall–Kier alpha value is -4.37. The van der Waals surface area contributed by atoms with Gasteiger partial charge in [-0.05, 0) is 65.1 Å². The number of nitrogens with zero attached hydrogens (tertiary/aromatic N) is 2. The van der Waals surface area contributed by atoms with Crippen molar-refractivity contribution in [2.24, 2.45) is 0 Å². The van der Waals surface area contributed by atoms with E-state index >= 15 is 0 Å². The van der Waals surface area contributed by atoms with Crippen molar-refractivity contribution in [2.75, 3.05) is 31.1 Å². The van der Waals surface area contributed by atoms with Crippen LogP contribution in [0.1, 0.15) is 38.7 Å². The average molecular weight is 670 g/mol. The summed E-state index contributed by atoms with van der Waals surface area (Å²) in [5.74, 6) is -0.567. The molecule has 1 radical (unpaired) electrons. The number of rotatable bonds is 9. The lowest BCUT2D eigenvalue weighted by atomic mass is 9.93. The van der Waals surface area contributed by atoms with Gasteiger partial charge in [-0.15, -0.1) is 0 Å². The van der Waals surface area contributed by atoms with Gasteiger partial charge in [0, 0.05) is 61.4 Å². The van der Waals surface area contributed by atoms with Gasteiger partial charge in [0.15, 0.2) is 0 Å². The molecular formula is C37H36Cl2N5O3. The minimum atomic E-state index is -0.767. The Morgan fingerprint density at radius 2 is 1.43 bits per heavy atom. The van der Waals surface area contributed by atoms with Crippen molar-refractivity contribution in [2.45, 2.75) is 31.5 Å². The third-order valence-corrected chi connectivity index (χ3v) is 9.15. The average Bonchev–Trinajstić information content (AvgIpc) is 3.11. The van der Waals surface area contributed by atoms with Gasteiger partial charge in [-0.1, -0.05) is 83.9 Å². The van der Waals surface area contributed by atoms with Crippen LogP contribution in [-0.4, -0.2) is 54.8 Å². The zero-order chi connectivity index (χ0) is 32.8. The van der Waals surface area contributed by atoms with Crippen LogP contribution in [0.5, 0.6) is 0 Å². The zero-order valence-corrected chi connectivity index (χ0v) is 27.3. The van der Waals surface area contributed by atoms with Gasteiger partial charge < -0.3 is 20.4 Å². The number of para-hydroxylation sites is 1. The maximum Gasteiger partial charge on any atom is 0.253 e. The predicted octanol–water partition coefficient (Wildman–Crippen LogP) is 5.35. The maximum atomic E-state index is 14.1. The molecule has 0 saturated carbocycles. The maximum absolute atomic E-state index is 14.1. The number of benzene rings is 4. The van der Waals surface area contributed by atoms with Gasteiger partial charge in [0.1, 0.15) is 12.1 Å². The lowest BCUT2D eigenvalue weighted by molar-refractivity contribution is -0.137. The molecule has 1 saturated heterocycles. The van der Waals surface area contributed by atoms with Crippen LogP contribution in [0.25, 0.3) is 0 Å². The molecule has 2 aliphatic heterocycles. The molecule has 0 bridgehead atoms. The number of carbonyl (C=O) groups is 3. The van der Waals surface area contributed by atoms with E-state index in [1.807, 2.05) is 79.3 Å². The fourth-order valence-electron chi connectivity index (χ4n) is 6.12. The lowest BCUT2D eigenvalue weighted by Gasteiger charge is -2.38. The summed E-state index contributed by atoms with van der Waals surface area (Å²) in [6.07, 6.45) is 1.06. The number of amides is 3. The molecule has 4 aromatic rings. The first kappa shape index (κ1) is 32.6. The van der Waals surface area contributed by atoms with Crippen LogP contribution >= 0.6 is 23.2 Å². The van der Waals surface area contributed by atoms with Crippen molar-refractivity contribution in [1.82, 2.24) is 20.9 Å². The first-order valence-corrected chi connectivity index (χ1v) is 16.5. The van der Waals surface area contributed by atoms with Gasteiger partial charge in [0.25, 0.3) is 5.91 Å². The number of hydrogen-bond acceptors (Lipinski definition) is 5. The quantitative estimate of drug-likeness (QED) is 0.224. The number of nitrogens with one attached hydrogen (secondary N) is 3. The van der Waals surface area contributed by atoms with Gasteiger partial charge >= 0.3 is 0 Å². The molecular weight excluding hydrogens is 633 g/mol. The zero-order valence-electron chi connectivity index (χ0n) is 25.8.